The van der Waals surface area contributed by atoms with Crippen LogP contribution in [0.5, 0.6) is 0 Å². The second-order valence-corrected chi connectivity index (χ2v) is 7.04. The average molecular weight is 354 g/mol. The molecule has 3 rings (SSSR count). The number of nitrogens with zero attached hydrogens (tertiary/aromatic N) is 1. The Balaban J connectivity index is 1.66. The van der Waals surface area contributed by atoms with E-state index < -0.39 is 40.3 Å². The molecule has 136 valence electrons. The molecule has 1 aliphatic carbocycles. The standard InChI is InChI=1S/C18H21F3N2O2/c19-12-9-13(20)15(14(21)10-12)16(24)11-3-7-23(8-4-11)17(25)18(22)5-1-2-6-18/h9-11H,1-8,22H2. The maximum Gasteiger partial charge on any atom is 0.242 e. The van der Waals surface area contributed by atoms with Crippen molar-refractivity contribution < 1.29 is 22.8 Å². The van der Waals surface area contributed by atoms with Crippen molar-refractivity contribution in [2.75, 3.05) is 13.1 Å². The maximum atomic E-state index is 13.8. The minimum absolute atomic E-state index is 0.102. The highest BCUT2D eigenvalue weighted by atomic mass is 19.1. The van der Waals surface area contributed by atoms with Gasteiger partial charge in [-0.25, -0.2) is 13.2 Å². The number of Topliss-reactive ketones (excluding diaryl/α,β-unsaturated/α-hetero) is 1. The van der Waals surface area contributed by atoms with E-state index in [2.05, 4.69) is 0 Å². The molecule has 1 saturated heterocycles. The zero-order valence-electron chi connectivity index (χ0n) is 13.9. The van der Waals surface area contributed by atoms with Crippen LogP contribution in [-0.2, 0) is 4.79 Å². The largest absolute Gasteiger partial charge is 0.341 e. The minimum atomic E-state index is -1.19. The van der Waals surface area contributed by atoms with Gasteiger partial charge in [0.2, 0.25) is 5.91 Å². The molecular formula is C18H21F3N2O2. The summed E-state index contributed by atoms with van der Waals surface area (Å²) in [4.78, 5) is 26.6. The van der Waals surface area contributed by atoms with E-state index in [1.807, 2.05) is 0 Å². The van der Waals surface area contributed by atoms with Gasteiger partial charge in [-0.05, 0) is 25.7 Å². The molecule has 1 amide bonds. The monoisotopic (exact) mass is 354 g/mol. The molecule has 0 spiro atoms. The lowest BCUT2D eigenvalue weighted by atomic mass is 9.87. The summed E-state index contributed by atoms with van der Waals surface area (Å²) in [5.74, 6) is -4.80. The molecule has 1 aliphatic heterocycles. The fourth-order valence-electron chi connectivity index (χ4n) is 3.86. The Labute approximate surface area is 144 Å². The van der Waals surface area contributed by atoms with Crippen LogP contribution in [0.4, 0.5) is 13.2 Å². The fraction of sp³-hybridized carbons (Fsp3) is 0.556. The first-order valence-corrected chi connectivity index (χ1v) is 8.59. The summed E-state index contributed by atoms with van der Waals surface area (Å²) >= 11 is 0. The normalized spacial score (nSPS) is 20.7. The third-order valence-electron chi connectivity index (χ3n) is 5.33. The molecule has 2 fully saturated rings. The molecule has 1 heterocycles. The van der Waals surface area contributed by atoms with Crippen LogP contribution in [0.3, 0.4) is 0 Å². The van der Waals surface area contributed by atoms with E-state index in [4.69, 9.17) is 5.73 Å². The lowest BCUT2D eigenvalue weighted by molar-refractivity contribution is -0.138. The van der Waals surface area contributed by atoms with Crippen molar-refractivity contribution >= 4 is 11.7 Å². The van der Waals surface area contributed by atoms with E-state index in [9.17, 15) is 22.8 Å². The Hall–Kier alpha value is -1.89. The number of ketones is 1. The third-order valence-corrected chi connectivity index (χ3v) is 5.33. The van der Waals surface area contributed by atoms with Gasteiger partial charge in [-0.2, -0.15) is 0 Å². The van der Waals surface area contributed by atoms with Crippen LogP contribution in [-0.4, -0.2) is 35.2 Å². The van der Waals surface area contributed by atoms with Crippen LogP contribution in [0.25, 0.3) is 0 Å². The summed E-state index contributed by atoms with van der Waals surface area (Å²) in [7, 11) is 0. The number of amides is 1. The lowest BCUT2D eigenvalue weighted by Crippen LogP contribution is -2.55. The van der Waals surface area contributed by atoms with Crippen molar-refractivity contribution in [2.45, 2.75) is 44.1 Å². The molecule has 4 nitrogen and oxygen atoms in total. The van der Waals surface area contributed by atoms with Crippen molar-refractivity contribution in [3.63, 3.8) is 0 Å². The van der Waals surface area contributed by atoms with E-state index in [-0.39, 0.29) is 5.91 Å². The summed E-state index contributed by atoms with van der Waals surface area (Å²) in [5, 5.41) is 0. The van der Waals surface area contributed by atoms with Crippen LogP contribution in [0.15, 0.2) is 12.1 Å². The quantitative estimate of drug-likeness (QED) is 0.849. The minimum Gasteiger partial charge on any atom is -0.341 e. The molecule has 1 aromatic rings. The first-order chi connectivity index (χ1) is 11.8. The summed E-state index contributed by atoms with van der Waals surface area (Å²) in [6.07, 6.45) is 3.82. The smallest absolute Gasteiger partial charge is 0.242 e. The SMILES string of the molecule is NC1(C(=O)N2CCC(C(=O)c3c(F)cc(F)cc3F)CC2)CCCC1. The molecule has 2 aliphatic rings. The van der Waals surface area contributed by atoms with E-state index >= 15 is 0 Å². The second-order valence-electron chi connectivity index (χ2n) is 7.04. The van der Waals surface area contributed by atoms with Crippen molar-refractivity contribution in [1.82, 2.24) is 4.90 Å². The summed E-state index contributed by atoms with van der Waals surface area (Å²) in [6.45, 7) is 0.664. The zero-order chi connectivity index (χ0) is 18.2. The fourth-order valence-corrected chi connectivity index (χ4v) is 3.86. The number of carbonyl (C=O) groups excluding carboxylic acids is 2. The zero-order valence-corrected chi connectivity index (χ0v) is 13.9. The van der Waals surface area contributed by atoms with Gasteiger partial charge < -0.3 is 10.6 Å². The molecule has 0 bridgehead atoms. The van der Waals surface area contributed by atoms with Crippen molar-refractivity contribution in [2.24, 2.45) is 11.7 Å². The highest BCUT2D eigenvalue weighted by Crippen LogP contribution is 2.31. The van der Waals surface area contributed by atoms with Gasteiger partial charge in [-0.1, -0.05) is 12.8 Å². The van der Waals surface area contributed by atoms with Gasteiger partial charge in [0, 0.05) is 31.1 Å². The predicted octanol–water partition coefficient (Wildman–Crippen LogP) is 2.80. The average Bonchev–Trinajstić information content (AvgIpc) is 3.01. The predicted molar refractivity (Wildman–Crippen MR) is 85.3 cm³/mol. The van der Waals surface area contributed by atoms with Gasteiger partial charge in [0.05, 0.1) is 11.1 Å². The summed E-state index contributed by atoms with van der Waals surface area (Å²) in [6, 6.07) is 1.01. The number of halogens is 3. The number of nitrogens with two attached hydrogens (primary N) is 1. The molecule has 7 heteroatoms. The number of hydrogen-bond donors (Lipinski definition) is 1. The number of rotatable bonds is 3. The highest BCUT2D eigenvalue weighted by Gasteiger charge is 2.41. The third kappa shape index (κ3) is 3.42. The Bertz CT molecular complexity index is 671. The molecule has 0 atom stereocenters. The van der Waals surface area contributed by atoms with Gasteiger partial charge in [0.15, 0.2) is 5.78 Å². The Morgan fingerprint density at radius 2 is 1.56 bits per heavy atom. The first kappa shape index (κ1) is 17.9. The van der Waals surface area contributed by atoms with E-state index in [1.165, 1.54) is 0 Å². The first-order valence-electron chi connectivity index (χ1n) is 8.59. The Morgan fingerprint density at radius 1 is 1.04 bits per heavy atom. The number of carbonyl (C=O) groups is 2. The number of hydrogen-bond acceptors (Lipinski definition) is 3. The molecule has 25 heavy (non-hydrogen) atoms. The van der Waals surface area contributed by atoms with Crippen molar-refractivity contribution in [3.05, 3.63) is 35.1 Å². The number of likely N-dealkylation sites (tertiary alicyclic amines) is 1. The topological polar surface area (TPSA) is 63.4 Å². The van der Waals surface area contributed by atoms with Crippen molar-refractivity contribution in [3.8, 4) is 0 Å². The molecule has 2 N–H and O–H groups in total. The molecule has 1 saturated carbocycles. The maximum absolute atomic E-state index is 13.8. The highest BCUT2D eigenvalue weighted by molar-refractivity contribution is 5.98. The van der Waals surface area contributed by atoms with Gasteiger partial charge in [-0.3, -0.25) is 9.59 Å². The molecule has 1 aromatic carbocycles. The summed E-state index contributed by atoms with van der Waals surface area (Å²) in [5.41, 5.74) is 4.67. The molecule has 0 radical (unpaired) electrons. The van der Waals surface area contributed by atoms with Crippen molar-refractivity contribution in [1.29, 1.82) is 0 Å². The second kappa shape index (κ2) is 6.78. The van der Waals surface area contributed by atoms with Crippen LogP contribution < -0.4 is 5.73 Å². The van der Waals surface area contributed by atoms with E-state index in [0.717, 1.165) is 12.8 Å². The Morgan fingerprint density at radius 3 is 2.08 bits per heavy atom. The summed E-state index contributed by atoms with van der Waals surface area (Å²) < 4.78 is 40.6. The lowest BCUT2D eigenvalue weighted by Gasteiger charge is -2.36. The Kier molecular flexibility index (Phi) is 4.86. The molecule has 0 aromatic heterocycles. The van der Waals surface area contributed by atoms with Gasteiger partial charge in [-0.15, -0.1) is 0 Å². The molecule has 0 unspecified atom stereocenters. The van der Waals surface area contributed by atoms with Gasteiger partial charge in [0.1, 0.15) is 17.5 Å². The van der Waals surface area contributed by atoms with Crippen LogP contribution in [0.2, 0.25) is 0 Å². The van der Waals surface area contributed by atoms with Crippen LogP contribution in [0.1, 0.15) is 48.9 Å². The van der Waals surface area contributed by atoms with Crippen LogP contribution in [0, 0.1) is 23.4 Å². The number of piperidine rings is 1. The number of benzene rings is 1. The van der Waals surface area contributed by atoms with E-state index in [0.29, 0.717) is 50.9 Å². The van der Waals surface area contributed by atoms with Crippen LogP contribution >= 0.6 is 0 Å². The molecular weight excluding hydrogens is 333 g/mol. The van der Waals surface area contributed by atoms with Gasteiger partial charge in [0.25, 0.3) is 0 Å². The van der Waals surface area contributed by atoms with E-state index in [1.54, 1.807) is 4.90 Å². The van der Waals surface area contributed by atoms with Gasteiger partial charge >= 0.3 is 0 Å².